The maximum Gasteiger partial charge on any atom is 0.355 e. The molecule has 0 radical (unpaired) electrons. The van der Waals surface area contributed by atoms with Crippen molar-refractivity contribution in [1.82, 2.24) is 0 Å². The molecule has 1 aliphatic heterocycles. The summed E-state index contributed by atoms with van der Waals surface area (Å²) in [6.07, 6.45) is 13.1. The molecular weight excluding hydrogens is 235 g/mol. The van der Waals surface area contributed by atoms with Gasteiger partial charge in [-0.3, -0.25) is 0 Å². The Labute approximate surface area is 105 Å². The van der Waals surface area contributed by atoms with Crippen LogP contribution in [-0.4, -0.2) is 22.1 Å². The molecule has 0 atom stereocenters. The van der Waals surface area contributed by atoms with Crippen LogP contribution in [0.25, 0.3) is 0 Å². The molecule has 3 rings (SSSR count). The molecule has 3 fully saturated rings. The van der Waals surface area contributed by atoms with Crippen molar-refractivity contribution in [1.29, 1.82) is 0 Å². The Kier molecular flexibility index (Phi) is 3.72. The Bertz CT molecular complexity index is 237. The summed E-state index contributed by atoms with van der Waals surface area (Å²) in [5, 5.41) is 10.3. The van der Waals surface area contributed by atoms with E-state index in [0.717, 1.165) is 0 Å². The second-order valence-corrected chi connectivity index (χ2v) is 8.55. The van der Waals surface area contributed by atoms with Crippen LogP contribution >= 0.6 is 7.92 Å². The second-order valence-electron chi connectivity index (χ2n) is 5.71. The lowest BCUT2D eigenvalue weighted by Gasteiger charge is -2.37. The van der Waals surface area contributed by atoms with Crippen LogP contribution in [0.4, 0.5) is 0 Å². The molecule has 2 aliphatic carbocycles. The van der Waals surface area contributed by atoms with Crippen LogP contribution in [-0.2, 0) is 9.78 Å². The zero-order chi connectivity index (χ0) is 11.7. The molecule has 0 bridgehead atoms. The maximum atomic E-state index is 10.3. The van der Waals surface area contributed by atoms with Crippen LogP contribution in [0, 0.1) is 0 Å². The van der Waals surface area contributed by atoms with Crippen LogP contribution in [0.1, 0.15) is 64.2 Å². The monoisotopic (exact) mass is 258 g/mol. The standard InChI is InChI=1S/C13H23O3P/c14-13(15-16-13)17(11-7-3-1-4-8-11)12-9-5-2-6-10-12/h11-12,14H,1-10H2. The summed E-state index contributed by atoms with van der Waals surface area (Å²) in [7, 11) is -0.516. The molecule has 3 aliphatic rings. The SMILES string of the molecule is OC1(P(C2CCCCC2)C2CCCCC2)OO1. The van der Waals surface area contributed by atoms with Crippen molar-refractivity contribution in [2.45, 2.75) is 81.2 Å². The van der Waals surface area contributed by atoms with Crippen molar-refractivity contribution in [2.75, 3.05) is 0 Å². The molecule has 0 aromatic carbocycles. The van der Waals surface area contributed by atoms with Gasteiger partial charge < -0.3 is 5.11 Å². The van der Waals surface area contributed by atoms with E-state index in [1.807, 2.05) is 0 Å². The molecule has 1 N–H and O–H groups in total. The minimum Gasteiger partial charge on any atom is -0.336 e. The van der Waals surface area contributed by atoms with Crippen molar-refractivity contribution >= 4 is 7.92 Å². The Hall–Kier alpha value is 0.310. The molecule has 1 heterocycles. The highest BCUT2D eigenvalue weighted by Gasteiger charge is 2.59. The molecule has 4 heteroatoms. The number of aliphatic hydroxyl groups is 1. The molecule has 0 aromatic rings. The van der Waals surface area contributed by atoms with E-state index in [2.05, 4.69) is 0 Å². The van der Waals surface area contributed by atoms with Gasteiger partial charge in [0.25, 0.3) is 0 Å². The van der Waals surface area contributed by atoms with E-state index in [0.29, 0.717) is 11.3 Å². The van der Waals surface area contributed by atoms with Crippen LogP contribution < -0.4 is 0 Å². The fourth-order valence-electron chi connectivity index (χ4n) is 3.60. The first-order valence-corrected chi connectivity index (χ1v) is 8.65. The van der Waals surface area contributed by atoms with Gasteiger partial charge in [-0.25, -0.2) is 0 Å². The van der Waals surface area contributed by atoms with Crippen LogP contribution in [0.5, 0.6) is 0 Å². The highest BCUT2D eigenvalue weighted by atomic mass is 31.1. The van der Waals surface area contributed by atoms with E-state index < -0.39 is 13.6 Å². The highest BCUT2D eigenvalue weighted by molar-refractivity contribution is 7.60. The van der Waals surface area contributed by atoms with Gasteiger partial charge in [0.2, 0.25) is 0 Å². The Balaban J connectivity index is 1.71. The molecule has 0 aromatic heterocycles. The Morgan fingerprint density at radius 3 is 1.53 bits per heavy atom. The third-order valence-electron chi connectivity index (χ3n) is 4.49. The summed E-state index contributed by atoms with van der Waals surface area (Å²) < 4.78 is 0. The van der Waals surface area contributed by atoms with Gasteiger partial charge in [-0.2, -0.15) is 9.78 Å². The van der Waals surface area contributed by atoms with Crippen molar-refractivity contribution in [2.24, 2.45) is 0 Å². The molecule has 2 saturated carbocycles. The quantitative estimate of drug-likeness (QED) is 0.477. The molecule has 98 valence electrons. The number of rotatable bonds is 3. The van der Waals surface area contributed by atoms with Crippen LogP contribution in [0.2, 0.25) is 0 Å². The molecule has 1 saturated heterocycles. The lowest BCUT2D eigenvalue weighted by molar-refractivity contribution is 0.0850. The molecule has 3 nitrogen and oxygen atoms in total. The van der Waals surface area contributed by atoms with E-state index in [4.69, 9.17) is 9.78 Å². The molecule has 0 amide bonds. The zero-order valence-corrected chi connectivity index (χ0v) is 11.3. The lowest BCUT2D eigenvalue weighted by atomic mass is 9.99. The van der Waals surface area contributed by atoms with Gasteiger partial charge in [-0.05, 0) is 37.0 Å². The van der Waals surface area contributed by atoms with E-state index in [1.165, 1.54) is 64.2 Å². The van der Waals surface area contributed by atoms with Gasteiger partial charge >= 0.3 is 5.71 Å². The molecule has 0 unspecified atom stereocenters. The first kappa shape index (κ1) is 12.3. The predicted molar refractivity (Wildman–Crippen MR) is 67.8 cm³/mol. The van der Waals surface area contributed by atoms with Gasteiger partial charge in [0.15, 0.2) is 0 Å². The maximum absolute atomic E-state index is 10.3. The van der Waals surface area contributed by atoms with Crippen molar-refractivity contribution in [3.05, 3.63) is 0 Å². The van der Waals surface area contributed by atoms with Crippen LogP contribution in [0.15, 0.2) is 0 Å². The minimum absolute atomic E-state index is 0.516. The number of hydrogen-bond donors (Lipinski definition) is 1. The summed E-state index contributed by atoms with van der Waals surface area (Å²) in [5.74, 6) is 0. The Morgan fingerprint density at radius 2 is 1.18 bits per heavy atom. The third kappa shape index (κ3) is 2.68. The highest BCUT2D eigenvalue weighted by Crippen LogP contribution is 2.68. The van der Waals surface area contributed by atoms with Gasteiger partial charge in [0, 0.05) is 7.92 Å². The Morgan fingerprint density at radius 1 is 0.765 bits per heavy atom. The van der Waals surface area contributed by atoms with Gasteiger partial charge in [0.05, 0.1) is 0 Å². The van der Waals surface area contributed by atoms with Crippen molar-refractivity contribution < 1.29 is 14.9 Å². The molecule has 17 heavy (non-hydrogen) atoms. The average molecular weight is 258 g/mol. The van der Waals surface area contributed by atoms with Crippen LogP contribution in [0.3, 0.4) is 0 Å². The van der Waals surface area contributed by atoms with Gasteiger partial charge in [0.1, 0.15) is 0 Å². The topological polar surface area (TPSA) is 45.3 Å². The summed E-state index contributed by atoms with van der Waals surface area (Å²) in [4.78, 5) is 9.90. The van der Waals surface area contributed by atoms with E-state index in [9.17, 15) is 5.11 Å². The van der Waals surface area contributed by atoms with E-state index in [1.54, 1.807) is 0 Å². The minimum atomic E-state index is -1.15. The van der Waals surface area contributed by atoms with Crippen molar-refractivity contribution in [3.8, 4) is 0 Å². The fraction of sp³-hybridized carbons (Fsp3) is 1.00. The smallest absolute Gasteiger partial charge is 0.336 e. The van der Waals surface area contributed by atoms with Gasteiger partial charge in [-0.1, -0.05) is 38.5 Å². The first-order chi connectivity index (χ1) is 8.30. The molecule has 0 spiro atoms. The predicted octanol–water partition coefficient (Wildman–Crippen LogP) is 3.70. The lowest BCUT2D eigenvalue weighted by Crippen LogP contribution is -2.28. The summed E-state index contributed by atoms with van der Waals surface area (Å²) in [6.45, 7) is 0. The third-order valence-corrected chi connectivity index (χ3v) is 7.90. The van der Waals surface area contributed by atoms with Crippen molar-refractivity contribution in [3.63, 3.8) is 0 Å². The second kappa shape index (κ2) is 5.13. The summed E-state index contributed by atoms with van der Waals surface area (Å²) >= 11 is 0. The first-order valence-electron chi connectivity index (χ1n) is 7.17. The van der Waals surface area contributed by atoms with Gasteiger partial charge in [-0.15, -0.1) is 0 Å². The largest absolute Gasteiger partial charge is 0.355 e. The average Bonchev–Trinajstić information content (AvgIpc) is 3.11. The summed E-state index contributed by atoms with van der Waals surface area (Å²) in [5.41, 5.74) is 0.197. The normalized spacial score (nSPS) is 30.7. The van der Waals surface area contributed by atoms with E-state index >= 15 is 0 Å². The van der Waals surface area contributed by atoms with E-state index in [-0.39, 0.29) is 0 Å². The fourth-order valence-corrected chi connectivity index (χ4v) is 7.17. The number of hydrogen-bond acceptors (Lipinski definition) is 3. The molecular formula is C13H23O3P. The summed E-state index contributed by atoms with van der Waals surface area (Å²) in [6, 6.07) is 0. The zero-order valence-electron chi connectivity index (χ0n) is 10.4.